The van der Waals surface area contributed by atoms with Crippen molar-refractivity contribution >= 4 is 52.3 Å². The quantitative estimate of drug-likeness (QED) is 0.0276. The summed E-state index contributed by atoms with van der Waals surface area (Å²) >= 11 is 0. The second-order valence-electron chi connectivity index (χ2n) is 12.8. The van der Waals surface area contributed by atoms with E-state index in [0.717, 1.165) is 42.7 Å². The first-order valence-electron chi connectivity index (χ1n) is 18.5. The molecule has 292 valence electrons. The Bertz CT molecular complexity index is 2090. The number of nitrogens with one attached hydrogen (secondary N) is 3. The molecule has 0 atom stereocenters. The van der Waals surface area contributed by atoms with Crippen molar-refractivity contribution in [2.45, 2.75) is 52.0 Å². The molecule has 0 bridgehead atoms. The van der Waals surface area contributed by atoms with Gasteiger partial charge in [-0.3, -0.25) is 30.2 Å². The number of ether oxygens (including phenoxy) is 3. The number of alkyl carbamates (subject to hydrolysis) is 1. The van der Waals surface area contributed by atoms with E-state index in [1.54, 1.807) is 67.0 Å². The number of carbonyl (C=O) groups excluding carboxylic acids is 4. The van der Waals surface area contributed by atoms with Crippen LogP contribution < -0.4 is 15.5 Å². The van der Waals surface area contributed by atoms with Crippen LogP contribution in [0, 0.1) is 5.41 Å². The lowest BCUT2D eigenvalue weighted by atomic mass is 10.1. The van der Waals surface area contributed by atoms with Gasteiger partial charge in [-0.05, 0) is 73.2 Å². The van der Waals surface area contributed by atoms with Gasteiger partial charge in [0.05, 0.1) is 49.4 Å². The largest absolute Gasteiger partial charge is 0.465 e. The van der Waals surface area contributed by atoms with Crippen molar-refractivity contribution in [1.29, 1.82) is 5.41 Å². The van der Waals surface area contributed by atoms with Crippen LogP contribution in [0.1, 0.15) is 77.6 Å². The zero-order valence-electron chi connectivity index (χ0n) is 31.5. The minimum absolute atomic E-state index is 0.0254. The fourth-order valence-electron chi connectivity index (χ4n) is 5.62. The lowest BCUT2D eigenvalue weighted by Gasteiger charge is -2.21. The molecule has 56 heavy (non-hydrogen) atoms. The SMILES string of the molecule is CCCCCCOC(=O)NC(=N)c1ccc(NCc2nc3cc(C(=O)N(CCC(=O)OCCCOC(=O)c4cccnc4)c4ccccn4)ccc3n2C)cc1. The Hall–Kier alpha value is -6.64. The first kappa shape index (κ1) is 40.5. The molecule has 0 spiro atoms. The van der Waals surface area contributed by atoms with Gasteiger partial charge in [-0.15, -0.1) is 0 Å². The molecule has 0 aliphatic heterocycles. The summed E-state index contributed by atoms with van der Waals surface area (Å²) in [5.74, 6) is -0.310. The van der Waals surface area contributed by atoms with E-state index in [0.29, 0.717) is 47.6 Å². The molecule has 2 amide bonds. The van der Waals surface area contributed by atoms with Crippen molar-refractivity contribution < 1.29 is 33.4 Å². The molecule has 0 saturated heterocycles. The molecule has 15 nitrogen and oxygen atoms in total. The standard InChI is InChI=1S/C41H46N8O7/c1-3-4-5-8-23-56-41(53)47-38(42)29-13-16-32(17-14-29)45-28-36-46-33-26-30(15-18-34(33)48(36)2)39(51)49(35-12-6-7-21-44-35)22-19-37(50)54-24-10-25-55-40(52)31-11-9-20-43-27-31/h6-7,9,11-18,20-21,26-27,45H,3-5,8,10,19,22-25,28H2,1-2H3,(H2,42,47,53). The van der Waals surface area contributed by atoms with Gasteiger partial charge >= 0.3 is 18.0 Å². The molecule has 0 saturated carbocycles. The van der Waals surface area contributed by atoms with Crippen LogP contribution in [-0.2, 0) is 32.6 Å². The summed E-state index contributed by atoms with van der Waals surface area (Å²) in [6.45, 7) is 2.97. The number of rotatable bonds is 19. The van der Waals surface area contributed by atoms with Crippen molar-refractivity contribution in [3.8, 4) is 0 Å². The predicted molar refractivity (Wildman–Crippen MR) is 211 cm³/mol. The second-order valence-corrected chi connectivity index (χ2v) is 12.8. The molecular formula is C41H46N8O7. The van der Waals surface area contributed by atoms with Gasteiger partial charge in [0, 0.05) is 55.4 Å². The van der Waals surface area contributed by atoms with Gasteiger partial charge in [0.1, 0.15) is 17.5 Å². The van der Waals surface area contributed by atoms with Gasteiger partial charge in [-0.25, -0.2) is 19.6 Å². The van der Waals surface area contributed by atoms with Crippen LogP contribution >= 0.6 is 0 Å². The smallest absolute Gasteiger partial charge is 0.412 e. The van der Waals surface area contributed by atoms with E-state index < -0.39 is 18.0 Å². The molecule has 0 radical (unpaired) electrons. The molecule has 0 aliphatic carbocycles. The monoisotopic (exact) mass is 762 g/mol. The molecule has 3 aromatic heterocycles. The number of hydrogen-bond acceptors (Lipinski definition) is 12. The van der Waals surface area contributed by atoms with E-state index in [4.69, 9.17) is 24.6 Å². The highest BCUT2D eigenvalue weighted by atomic mass is 16.6. The number of aryl methyl sites for hydroxylation is 1. The number of unbranched alkanes of at least 4 members (excludes halogenated alkanes) is 3. The predicted octanol–water partition coefficient (Wildman–Crippen LogP) is 6.43. The molecule has 5 rings (SSSR count). The van der Waals surface area contributed by atoms with Crippen LogP contribution in [0.4, 0.5) is 16.3 Å². The summed E-state index contributed by atoms with van der Waals surface area (Å²) < 4.78 is 17.6. The highest BCUT2D eigenvalue weighted by Crippen LogP contribution is 2.21. The first-order valence-corrected chi connectivity index (χ1v) is 18.5. The summed E-state index contributed by atoms with van der Waals surface area (Å²) in [4.78, 5) is 65.1. The van der Waals surface area contributed by atoms with Crippen LogP contribution in [0.5, 0.6) is 0 Å². The van der Waals surface area contributed by atoms with Crippen LogP contribution in [0.3, 0.4) is 0 Å². The Morgan fingerprint density at radius 1 is 0.821 bits per heavy atom. The van der Waals surface area contributed by atoms with Gasteiger partial charge in [0.2, 0.25) is 0 Å². The zero-order valence-corrected chi connectivity index (χ0v) is 31.5. The molecule has 5 aromatic rings. The third-order valence-corrected chi connectivity index (χ3v) is 8.70. The third kappa shape index (κ3) is 11.7. The number of hydrogen-bond donors (Lipinski definition) is 3. The molecule has 0 aliphatic rings. The van der Waals surface area contributed by atoms with Gasteiger partial charge in [0.15, 0.2) is 0 Å². The van der Waals surface area contributed by atoms with Gasteiger partial charge in [0.25, 0.3) is 5.91 Å². The number of benzene rings is 2. The average Bonchev–Trinajstić information content (AvgIpc) is 3.54. The number of aromatic nitrogens is 4. The Morgan fingerprint density at radius 2 is 1.61 bits per heavy atom. The van der Waals surface area contributed by atoms with Crippen LogP contribution in [0.15, 0.2) is 91.4 Å². The van der Waals surface area contributed by atoms with Crippen molar-refractivity contribution in [2.24, 2.45) is 7.05 Å². The maximum atomic E-state index is 13.9. The maximum absolute atomic E-state index is 13.9. The number of anilines is 2. The average molecular weight is 763 g/mol. The van der Waals surface area contributed by atoms with Gasteiger partial charge in [-0.2, -0.15) is 0 Å². The van der Waals surface area contributed by atoms with Crippen molar-refractivity contribution in [2.75, 3.05) is 36.6 Å². The Kier molecular flexibility index (Phi) is 15.0. The van der Waals surface area contributed by atoms with E-state index in [2.05, 4.69) is 27.5 Å². The number of pyridine rings is 2. The Balaban J connectivity index is 1.13. The Morgan fingerprint density at radius 3 is 2.36 bits per heavy atom. The summed E-state index contributed by atoms with van der Waals surface area (Å²) in [6.07, 6.45) is 8.13. The van der Waals surface area contributed by atoms with Crippen molar-refractivity contribution in [1.82, 2.24) is 24.8 Å². The molecule has 15 heteroatoms. The van der Waals surface area contributed by atoms with Gasteiger partial charge < -0.3 is 24.1 Å². The van der Waals surface area contributed by atoms with Crippen LogP contribution in [-0.4, -0.2) is 75.7 Å². The molecule has 0 fully saturated rings. The lowest BCUT2D eigenvalue weighted by Crippen LogP contribution is -2.34. The molecule has 3 heterocycles. The number of carbonyl (C=O) groups is 4. The number of fused-ring (bicyclic) bond motifs is 1. The fourth-order valence-corrected chi connectivity index (χ4v) is 5.62. The van der Waals surface area contributed by atoms with E-state index in [-0.39, 0.29) is 37.9 Å². The summed E-state index contributed by atoms with van der Waals surface area (Å²) in [5.41, 5.74) is 3.47. The second kappa shape index (κ2) is 20.7. The Labute approximate surface area is 324 Å². The highest BCUT2D eigenvalue weighted by Gasteiger charge is 2.22. The number of esters is 2. The summed E-state index contributed by atoms with van der Waals surface area (Å²) in [5, 5.41) is 14.0. The van der Waals surface area contributed by atoms with Crippen LogP contribution in [0.25, 0.3) is 11.0 Å². The summed E-state index contributed by atoms with van der Waals surface area (Å²) in [6, 6.07) is 20.8. The van der Waals surface area contributed by atoms with Crippen molar-refractivity contribution in [3.63, 3.8) is 0 Å². The topological polar surface area (TPSA) is 191 Å². The maximum Gasteiger partial charge on any atom is 0.412 e. The highest BCUT2D eigenvalue weighted by molar-refractivity contribution is 6.07. The van der Waals surface area contributed by atoms with E-state index in [9.17, 15) is 19.2 Å². The number of imidazole rings is 1. The lowest BCUT2D eigenvalue weighted by molar-refractivity contribution is -0.143. The number of amidine groups is 1. The minimum atomic E-state index is -0.641. The number of nitrogens with zero attached hydrogens (tertiary/aromatic N) is 5. The van der Waals surface area contributed by atoms with Gasteiger partial charge in [-0.1, -0.05) is 32.3 Å². The van der Waals surface area contributed by atoms with E-state index >= 15 is 0 Å². The fraction of sp³-hybridized carbons (Fsp3) is 0.317. The number of amides is 2. The van der Waals surface area contributed by atoms with Crippen molar-refractivity contribution in [3.05, 3.63) is 114 Å². The first-order chi connectivity index (χ1) is 27.2. The van der Waals surface area contributed by atoms with E-state index in [1.807, 2.05) is 29.8 Å². The zero-order chi connectivity index (χ0) is 39.7. The normalized spacial score (nSPS) is 10.8. The molecule has 2 aromatic carbocycles. The molecule has 0 unspecified atom stereocenters. The van der Waals surface area contributed by atoms with Crippen LogP contribution in [0.2, 0.25) is 0 Å². The third-order valence-electron chi connectivity index (χ3n) is 8.70. The molecule has 3 N–H and O–H groups in total. The molecular weight excluding hydrogens is 716 g/mol. The summed E-state index contributed by atoms with van der Waals surface area (Å²) in [7, 11) is 1.89. The van der Waals surface area contributed by atoms with E-state index in [1.165, 1.54) is 11.1 Å². The minimum Gasteiger partial charge on any atom is -0.465 e.